The summed E-state index contributed by atoms with van der Waals surface area (Å²) in [5.41, 5.74) is 1.17. The van der Waals surface area contributed by atoms with Gasteiger partial charge in [-0.2, -0.15) is 0 Å². The second-order valence-electron chi connectivity index (χ2n) is 4.51. The molecule has 0 fully saturated rings. The van der Waals surface area contributed by atoms with Gasteiger partial charge in [0.2, 0.25) is 0 Å². The summed E-state index contributed by atoms with van der Waals surface area (Å²) in [4.78, 5) is 25.9. The highest BCUT2D eigenvalue weighted by Gasteiger charge is 2.21. The van der Waals surface area contributed by atoms with Gasteiger partial charge in [0, 0.05) is 11.4 Å². The van der Waals surface area contributed by atoms with Crippen molar-refractivity contribution in [3.8, 4) is 0 Å². The number of carboxylic acids is 1. The van der Waals surface area contributed by atoms with Gasteiger partial charge in [0.15, 0.2) is 0 Å². The summed E-state index contributed by atoms with van der Waals surface area (Å²) in [7, 11) is 0. The van der Waals surface area contributed by atoms with Crippen LogP contribution in [0, 0.1) is 19.7 Å². The predicted molar refractivity (Wildman–Crippen MR) is 76.6 cm³/mol. The summed E-state index contributed by atoms with van der Waals surface area (Å²) >= 11 is 5.56. The molecule has 0 aliphatic carbocycles. The molecule has 2 rings (SSSR count). The number of nitrogens with one attached hydrogen (secondary N) is 2. The number of benzene rings is 1. The monoisotopic (exact) mass is 310 g/mol. The largest absolute Gasteiger partial charge is 0.477 e. The van der Waals surface area contributed by atoms with Crippen LogP contribution in [0.3, 0.4) is 0 Å². The summed E-state index contributed by atoms with van der Waals surface area (Å²) in [6.07, 6.45) is 0. The third-order valence-corrected chi connectivity index (χ3v) is 3.36. The number of carboxylic acid groups (broad SMARTS) is 1. The van der Waals surface area contributed by atoms with Crippen LogP contribution in [-0.4, -0.2) is 22.0 Å². The fourth-order valence-electron chi connectivity index (χ4n) is 2.07. The first-order valence-corrected chi connectivity index (χ1v) is 6.38. The van der Waals surface area contributed by atoms with Crippen LogP contribution < -0.4 is 5.32 Å². The van der Waals surface area contributed by atoms with E-state index in [0.717, 1.165) is 6.07 Å². The fraction of sp³-hybridized carbons (Fsp3) is 0.143. The third-order valence-electron chi connectivity index (χ3n) is 3.06. The Hall–Kier alpha value is -2.34. The number of aromatic carboxylic acids is 1. The molecule has 7 heteroatoms. The number of hydrogen-bond acceptors (Lipinski definition) is 2. The molecule has 0 saturated heterocycles. The SMILES string of the molecule is Cc1[nH]c(C(=O)O)c(C)c1C(=O)Nc1ccc(Cl)c(F)c1. The molecule has 0 bridgehead atoms. The van der Waals surface area contributed by atoms with E-state index in [4.69, 9.17) is 16.7 Å². The van der Waals surface area contributed by atoms with Crippen molar-refractivity contribution in [2.24, 2.45) is 0 Å². The lowest BCUT2D eigenvalue weighted by molar-refractivity contribution is 0.0690. The quantitative estimate of drug-likeness (QED) is 0.813. The smallest absolute Gasteiger partial charge is 0.352 e. The number of carbonyl (C=O) groups excluding carboxylic acids is 1. The van der Waals surface area contributed by atoms with Gasteiger partial charge in [-0.1, -0.05) is 11.6 Å². The number of anilines is 1. The number of carbonyl (C=O) groups is 2. The highest BCUT2D eigenvalue weighted by molar-refractivity contribution is 6.30. The molecule has 0 unspecified atom stereocenters. The van der Waals surface area contributed by atoms with E-state index in [-0.39, 0.29) is 22.0 Å². The van der Waals surface area contributed by atoms with Crippen molar-refractivity contribution in [1.82, 2.24) is 4.98 Å². The standard InChI is InChI=1S/C14H12ClFN2O3/c1-6-11(7(2)17-12(6)14(20)21)13(19)18-8-3-4-9(15)10(16)5-8/h3-5,17H,1-2H3,(H,18,19)(H,20,21). The zero-order valence-electron chi connectivity index (χ0n) is 11.3. The predicted octanol–water partition coefficient (Wildman–Crippen LogP) is 3.37. The lowest BCUT2D eigenvalue weighted by Gasteiger charge is -2.06. The van der Waals surface area contributed by atoms with Crippen LogP contribution in [0.2, 0.25) is 5.02 Å². The van der Waals surface area contributed by atoms with Crippen LogP contribution in [0.4, 0.5) is 10.1 Å². The van der Waals surface area contributed by atoms with Gasteiger partial charge in [-0.3, -0.25) is 4.79 Å². The Balaban J connectivity index is 2.32. The molecule has 2 aromatic rings. The second kappa shape index (κ2) is 5.57. The first-order valence-electron chi connectivity index (χ1n) is 6.00. The fourth-order valence-corrected chi connectivity index (χ4v) is 2.19. The lowest BCUT2D eigenvalue weighted by atomic mass is 10.1. The minimum Gasteiger partial charge on any atom is -0.477 e. The van der Waals surface area contributed by atoms with Crippen molar-refractivity contribution in [2.45, 2.75) is 13.8 Å². The van der Waals surface area contributed by atoms with Gasteiger partial charge in [0.25, 0.3) is 5.91 Å². The zero-order chi connectivity index (χ0) is 15.7. The number of halogens is 2. The van der Waals surface area contributed by atoms with E-state index in [9.17, 15) is 14.0 Å². The molecule has 1 heterocycles. The molecule has 3 N–H and O–H groups in total. The number of H-pyrrole nitrogens is 1. The van der Waals surface area contributed by atoms with Gasteiger partial charge in [0.05, 0.1) is 10.6 Å². The van der Waals surface area contributed by atoms with Crippen molar-refractivity contribution in [3.63, 3.8) is 0 Å². The highest BCUT2D eigenvalue weighted by Crippen LogP contribution is 2.22. The topological polar surface area (TPSA) is 82.2 Å². The van der Waals surface area contributed by atoms with Crippen molar-refractivity contribution in [1.29, 1.82) is 0 Å². The van der Waals surface area contributed by atoms with Gasteiger partial charge >= 0.3 is 5.97 Å². The van der Waals surface area contributed by atoms with Crippen LogP contribution >= 0.6 is 11.6 Å². The Kier molecular flexibility index (Phi) is 3.99. The van der Waals surface area contributed by atoms with E-state index < -0.39 is 17.7 Å². The van der Waals surface area contributed by atoms with Crippen molar-refractivity contribution >= 4 is 29.2 Å². The zero-order valence-corrected chi connectivity index (χ0v) is 12.0. The molecular formula is C14H12ClFN2O3. The summed E-state index contributed by atoms with van der Waals surface area (Å²) in [6, 6.07) is 3.88. The van der Waals surface area contributed by atoms with E-state index in [0.29, 0.717) is 11.3 Å². The maximum atomic E-state index is 13.3. The van der Waals surface area contributed by atoms with E-state index in [1.807, 2.05) is 0 Å². The van der Waals surface area contributed by atoms with Crippen LogP contribution in [-0.2, 0) is 0 Å². The van der Waals surface area contributed by atoms with Gasteiger partial charge in [-0.25, -0.2) is 9.18 Å². The summed E-state index contributed by atoms with van der Waals surface area (Å²) in [6.45, 7) is 3.13. The third kappa shape index (κ3) is 2.90. The molecule has 21 heavy (non-hydrogen) atoms. The summed E-state index contributed by atoms with van der Waals surface area (Å²) in [5.74, 6) is -2.31. The van der Waals surface area contributed by atoms with Crippen molar-refractivity contribution < 1.29 is 19.1 Å². The molecule has 1 aromatic carbocycles. The molecule has 0 aliphatic heterocycles. The molecule has 0 spiro atoms. The maximum Gasteiger partial charge on any atom is 0.352 e. The average Bonchev–Trinajstić information content (AvgIpc) is 2.69. The first-order chi connectivity index (χ1) is 9.81. The van der Waals surface area contributed by atoms with E-state index in [2.05, 4.69) is 10.3 Å². The van der Waals surface area contributed by atoms with E-state index in [1.54, 1.807) is 6.92 Å². The number of amides is 1. The van der Waals surface area contributed by atoms with Gasteiger partial charge < -0.3 is 15.4 Å². The van der Waals surface area contributed by atoms with Crippen LogP contribution in [0.5, 0.6) is 0 Å². The van der Waals surface area contributed by atoms with Crippen LogP contribution in [0.15, 0.2) is 18.2 Å². The Bertz CT molecular complexity index is 740. The maximum absolute atomic E-state index is 13.3. The average molecular weight is 311 g/mol. The molecule has 1 amide bonds. The molecule has 0 saturated carbocycles. The van der Waals surface area contributed by atoms with Gasteiger partial charge in [-0.05, 0) is 37.6 Å². The number of aromatic nitrogens is 1. The molecule has 110 valence electrons. The number of aryl methyl sites for hydroxylation is 1. The van der Waals surface area contributed by atoms with E-state index in [1.165, 1.54) is 19.1 Å². The molecule has 0 radical (unpaired) electrons. The van der Waals surface area contributed by atoms with Gasteiger partial charge in [-0.15, -0.1) is 0 Å². The Morgan fingerprint density at radius 3 is 2.52 bits per heavy atom. The number of hydrogen-bond donors (Lipinski definition) is 3. The molecule has 0 atom stereocenters. The molecule has 5 nitrogen and oxygen atoms in total. The second-order valence-corrected chi connectivity index (χ2v) is 4.92. The Morgan fingerprint density at radius 2 is 2.00 bits per heavy atom. The molecule has 1 aromatic heterocycles. The Labute approximate surface area is 124 Å². The summed E-state index contributed by atoms with van der Waals surface area (Å²) < 4.78 is 13.3. The minimum atomic E-state index is -1.15. The molecule has 0 aliphatic rings. The van der Waals surface area contributed by atoms with Crippen LogP contribution in [0.25, 0.3) is 0 Å². The van der Waals surface area contributed by atoms with E-state index >= 15 is 0 Å². The molecular weight excluding hydrogens is 299 g/mol. The van der Waals surface area contributed by atoms with Gasteiger partial charge in [0.1, 0.15) is 11.5 Å². The van der Waals surface area contributed by atoms with Crippen molar-refractivity contribution in [2.75, 3.05) is 5.32 Å². The van der Waals surface area contributed by atoms with Crippen molar-refractivity contribution in [3.05, 3.63) is 51.6 Å². The first kappa shape index (κ1) is 15.1. The van der Waals surface area contributed by atoms with Crippen LogP contribution in [0.1, 0.15) is 32.1 Å². The highest BCUT2D eigenvalue weighted by atomic mass is 35.5. The minimum absolute atomic E-state index is 0.0417. The Morgan fingerprint density at radius 1 is 1.33 bits per heavy atom. The lowest BCUT2D eigenvalue weighted by Crippen LogP contribution is -2.14. The normalized spacial score (nSPS) is 10.5. The number of rotatable bonds is 3. The number of aromatic amines is 1. The summed E-state index contributed by atoms with van der Waals surface area (Å²) in [5, 5.41) is 11.5.